The van der Waals surface area contributed by atoms with E-state index >= 15 is 0 Å². The van der Waals surface area contributed by atoms with Crippen LogP contribution in [0.5, 0.6) is 5.75 Å². The molecule has 2 heterocycles. The monoisotopic (exact) mass is 384 g/mol. The van der Waals surface area contributed by atoms with Gasteiger partial charge >= 0.3 is 0 Å². The lowest BCUT2D eigenvalue weighted by molar-refractivity contribution is -0.131. The molecule has 1 aromatic heterocycles. The highest BCUT2D eigenvalue weighted by atomic mass is 16.5. The molecule has 6 heteroatoms. The van der Waals surface area contributed by atoms with Gasteiger partial charge in [-0.2, -0.15) is 5.10 Å². The molecule has 6 nitrogen and oxygen atoms in total. The van der Waals surface area contributed by atoms with E-state index in [0.29, 0.717) is 25.0 Å². The topological polar surface area (TPSA) is 59.4 Å². The fraction of sp³-hybridized carbons (Fsp3) is 0.545. The highest BCUT2D eigenvalue weighted by Gasteiger charge is 2.19. The Balaban J connectivity index is 1.57. The number of nitrogens with one attached hydrogen (secondary N) is 1. The number of nitrogens with zero attached hydrogens (tertiary/aromatic N) is 3. The van der Waals surface area contributed by atoms with Crippen LogP contribution in [0.3, 0.4) is 0 Å². The van der Waals surface area contributed by atoms with Gasteiger partial charge in [-0.3, -0.25) is 9.48 Å². The van der Waals surface area contributed by atoms with Crippen LogP contribution in [0.2, 0.25) is 0 Å². The Hall–Kier alpha value is -2.34. The number of piperidine rings is 1. The molecule has 0 unspecified atom stereocenters. The van der Waals surface area contributed by atoms with Crippen LogP contribution in [0.4, 0.5) is 0 Å². The summed E-state index contributed by atoms with van der Waals surface area (Å²) in [6.45, 7) is 7.75. The molecule has 152 valence electrons. The molecule has 28 heavy (non-hydrogen) atoms. The number of amides is 1. The number of hydrogen-bond acceptors (Lipinski definition) is 4. The van der Waals surface area contributed by atoms with Gasteiger partial charge < -0.3 is 15.0 Å². The van der Waals surface area contributed by atoms with E-state index in [9.17, 15) is 4.79 Å². The maximum atomic E-state index is 12.7. The molecule has 3 rings (SSSR count). The molecular formula is C22H32N4O2. The fourth-order valence-corrected chi connectivity index (χ4v) is 3.42. The van der Waals surface area contributed by atoms with Crippen molar-refractivity contribution in [1.29, 1.82) is 0 Å². The SMILES string of the molecule is CC(C)COc1ccccc1CN(C)C(=O)Cn1ccc([C@@H]2CCCNC2)n1. The highest BCUT2D eigenvalue weighted by Crippen LogP contribution is 2.22. The Morgan fingerprint density at radius 2 is 2.18 bits per heavy atom. The molecular weight excluding hydrogens is 352 g/mol. The van der Waals surface area contributed by atoms with Crippen molar-refractivity contribution in [3.8, 4) is 5.75 Å². The van der Waals surface area contributed by atoms with Crippen LogP contribution in [0.1, 0.15) is 43.9 Å². The van der Waals surface area contributed by atoms with Crippen LogP contribution >= 0.6 is 0 Å². The van der Waals surface area contributed by atoms with Crippen molar-refractivity contribution < 1.29 is 9.53 Å². The first kappa shape index (κ1) is 20.4. The molecule has 1 saturated heterocycles. The van der Waals surface area contributed by atoms with Crippen molar-refractivity contribution in [2.24, 2.45) is 5.92 Å². The second-order valence-corrected chi connectivity index (χ2v) is 8.04. The number of aromatic nitrogens is 2. The van der Waals surface area contributed by atoms with Crippen LogP contribution in [-0.4, -0.2) is 47.3 Å². The summed E-state index contributed by atoms with van der Waals surface area (Å²) in [5.74, 6) is 1.80. The second kappa shape index (κ2) is 9.73. The van der Waals surface area contributed by atoms with E-state index in [1.807, 2.05) is 43.6 Å². The van der Waals surface area contributed by atoms with Gasteiger partial charge in [0.15, 0.2) is 0 Å². The Bertz CT molecular complexity index is 765. The van der Waals surface area contributed by atoms with Gasteiger partial charge in [-0.1, -0.05) is 32.0 Å². The van der Waals surface area contributed by atoms with Gasteiger partial charge in [0.25, 0.3) is 0 Å². The minimum atomic E-state index is 0.0371. The predicted molar refractivity (Wildman–Crippen MR) is 110 cm³/mol. The molecule has 1 N–H and O–H groups in total. The largest absolute Gasteiger partial charge is 0.493 e. The first-order valence-electron chi connectivity index (χ1n) is 10.2. The molecule has 0 aliphatic carbocycles. The average Bonchev–Trinajstić information content (AvgIpc) is 3.16. The van der Waals surface area contributed by atoms with Crippen molar-refractivity contribution >= 4 is 5.91 Å². The van der Waals surface area contributed by atoms with Crippen LogP contribution in [0.25, 0.3) is 0 Å². The van der Waals surface area contributed by atoms with Crippen molar-refractivity contribution in [3.05, 3.63) is 47.8 Å². The van der Waals surface area contributed by atoms with E-state index in [1.165, 1.54) is 6.42 Å². The lowest BCUT2D eigenvalue weighted by Crippen LogP contribution is -2.30. The van der Waals surface area contributed by atoms with Crippen molar-refractivity contribution in [2.75, 3.05) is 26.7 Å². The summed E-state index contributed by atoms with van der Waals surface area (Å²) in [7, 11) is 1.83. The molecule has 0 bridgehead atoms. The van der Waals surface area contributed by atoms with Crippen LogP contribution in [0, 0.1) is 5.92 Å². The van der Waals surface area contributed by atoms with E-state index in [2.05, 4.69) is 24.3 Å². The molecule has 1 aliphatic rings. The minimum absolute atomic E-state index is 0.0371. The number of benzene rings is 1. The summed E-state index contributed by atoms with van der Waals surface area (Å²) >= 11 is 0. The van der Waals surface area contributed by atoms with Gasteiger partial charge in [-0.15, -0.1) is 0 Å². The van der Waals surface area contributed by atoms with Gasteiger partial charge in [0.1, 0.15) is 12.3 Å². The summed E-state index contributed by atoms with van der Waals surface area (Å²) in [6, 6.07) is 9.97. The number of hydrogen-bond donors (Lipinski definition) is 1. The van der Waals surface area contributed by atoms with Crippen molar-refractivity contribution in [3.63, 3.8) is 0 Å². The summed E-state index contributed by atoms with van der Waals surface area (Å²) in [5, 5.41) is 8.05. The molecule has 0 spiro atoms. The van der Waals surface area contributed by atoms with Gasteiger partial charge in [-0.05, 0) is 37.4 Å². The molecule has 1 atom stereocenters. The van der Waals surface area contributed by atoms with E-state index in [1.54, 1.807) is 9.58 Å². The van der Waals surface area contributed by atoms with E-state index in [4.69, 9.17) is 4.74 Å². The van der Waals surface area contributed by atoms with E-state index < -0.39 is 0 Å². The smallest absolute Gasteiger partial charge is 0.244 e. The normalized spacial score (nSPS) is 16.9. The molecule has 0 radical (unpaired) electrons. The van der Waals surface area contributed by atoms with Crippen molar-refractivity contribution in [2.45, 2.75) is 45.7 Å². The lowest BCUT2D eigenvalue weighted by atomic mass is 9.97. The molecule has 1 aromatic carbocycles. The van der Waals surface area contributed by atoms with Crippen molar-refractivity contribution in [1.82, 2.24) is 20.0 Å². The number of likely N-dealkylation sites (N-methyl/N-ethyl adjacent to an activating group) is 1. The lowest BCUT2D eigenvalue weighted by Gasteiger charge is -2.21. The maximum Gasteiger partial charge on any atom is 0.244 e. The number of rotatable bonds is 8. The Morgan fingerprint density at radius 3 is 2.93 bits per heavy atom. The maximum absolute atomic E-state index is 12.7. The summed E-state index contributed by atoms with van der Waals surface area (Å²) in [4.78, 5) is 14.4. The zero-order valence-corrected chi connectivity index (χ0v) is 17.2. The summed E-state index contributed by atoms with van der Waals surface area (Å²) in [6.07, 6.45) is 4.25. The molecule has 0 saturated carbocycles. The third-order valence-electron chi connectivity index (χ3n) is 5.05. The number of ether oxygens (including phenoxy) is 1. The van der Waals surface area contributed by atoms with Crippen LogP contribution < -0.4 is 10.1 Å². The zero-order chi connectivity index (χ0) is 19.9. The standard InChI is InChI=1S/C22H32N4O2/c1-17(2)16-28-21-9-5-4-7-19(21)14-25(3)22(27)15-26-12-10-20(24-26)18-8-6-11-23-13-18/h4-5,7,9-10,12,17-18,23H,6,8,11,13-16H2,1-3H3/t18-/m1/s1. The quantitative estimate of drug-likeness (QED) is 0.760. The molecule has 1 fully saturated rings. The molecule has 1 aliphatic heterocycles. The van der Waals surface area contributed by atoms with Gasteiger partial charge in [0.2, 0.25) is 5.91 Å². The van der Waals surface area contributed by atoms with E-state index in [0.717, 1.165) is 36.5 Å². The zero-order valence-electron chi connectivity index (χ0n) is 17.2. The second-order valence-electron chi connectivity index (χ2n) is 8.04. The predicted octanol–water partition coefficient (Wildman–Crippen LogP) is 3.04. The number of carbonyl (C=O) groups excluding carboxylic acids is 1. The highest BCUT2D eigenvalue weighted by molar-refractivity contribution is 5.75. The van der Waals surface area contributed by atoms with Crippen LogP contribution in [0.15, 0.2) is 36.5 Å². The van der Waals surface area contributed by atoms with Crippen LogP contribution in [-0.2, 0) is 17.9 Å². The first-order chi connectivity index (χ1) is 13.5. The fourth-order valence-electron chi connectivity index (χ4n) is 3.42. The first-order valence-corrected chi connectivity index (χ1v) is 10.2. The third-order valence-corrected chi connectivity index (χ3v) is 5.05. The summed E-state index contributed by atoms with van der Waals surface area (Å²) in [5.41, 5.74) is 2.10. The van der Waals surface area contributed by atoms with Gasteiger partial charge in [0, 0.05) is 37.8 Å². The minimum Gasteiger partial charge on any atom is -0.493 e. The van der Waals surface area contributed by atoms with Gasteiger partial charge in [0.05, 0.1) is 12.3 Å². The van der Waals surface area contributed by atoms with Gasteiger partial charge in [-0.25, -0.2) is 0 Å². The Labute approximate surface area is 167 Å². The Kier molecular flexibility index (Phi) is 7.09. The number of carbonyl (C=O) groups is 1. The molecule has 1 amide bonds. The number of para-hydroxylation sites is 1. The molecule has 2 aromatic rings. The summed E-state index contributed by atoms with van der Waals surface area (Å²) < 4.78 is 7.66. The third kappa shape index (κ3) is 5.58. The Morgan fingerprint density at radius 1 is 1.36 bits per heavy atom. The average molecular weight is 385 g/mol. The van der Waals surface area contributed by atoms with E-state index in [-0.39, 0.29) is 12.5 Å².